The van der Waals surface area contributed by atoms with E-state index in [4.69, 9.17) is 4.98 Å². The maximum atomic E-state index is 11.3. The van der Waals surface area contributed by atoms with E-state index in [1.165, 1.54) is 41.0 Å². The first-order valence-corrected chi connectivity index (χ1v) is 15.7. The summed E-state index contributed by atoms with van der Waals surface area (Å²) in [7, 11) is 4.18. The third-order valence-corrected chi connectivity index (χ3v) is 8.91. The van der Waals surface area contributed by atoms with Crippen molar-refractivity contribution in [1.82, 2.24) is 15.2 Å². The first-order valence-electron chi connectivity index (χ1n) is 14.9. The highest BCUT2D eigenvalue weighted by molar-refractivity contribution is 7.10. The summed E-state index contributed by atoms with van der Waals surface area (Å²) < 4.78 is 0. The number of fused-ring (bicyclic) bond motifs is 1. The molecule has 0 amide bonds. The van der Waals surface area contributed by atoms with Crippen LogP contribution in [0.5, 0.6) is 0 Å². The zero-order valence-corrected chi connectivity index (χ0v) is 26.7. The van der Waals surface area contributed by atoms with Gasteiger partial charge in [-0.1, -0.05) is 60.1 Å². The number of hydrogen-bond acceptors (Lipinski definition) is 5. The van der Waals surface area contributed by atoms with Crippen molar-refractivity contribution in [2.24, 2.45) is 0 Å². The molecule has 0 saturated carbocycles. The van der Waals surface area contributed by atoms with Crippen molar-refractivity contribution in [2.75, 3.05) is 33.7 Å². The SMILES string of the molecule is CCCC(CCCC(C)=O)c1nc(-c2ccc3c(c2)C(C)(C)CCC3(C)C)cs1.CCCNCCN(C)C. The predicted molar refractivity (Wildman–Crippen MR) is 167 cm³/mol. The number of nitrogens with one attached hydrogen (secondary N) is 1. The highest BCUT2D eigenvalue weighted by atomic mass is 32.1. The van der Waals surface area contributed by atoms with Gasteiger partial charge in [0, 0.05) is 36.4 Å². The molecule has 0 bridgehead atoms. The Kier molecular flexibility index (Phi) is 13.1. The quantitative estimate of drug-likeness (QED) is 0.259. The Hall–Kier alpha value is -1.56. The summed E-state index contributed by atoms with van der Waals surface area (Å²) in [5.74, 6) is 0.769. The van der Waals surface area contributed by atoms with Crippen LogP contribution in [-0.4, -0.2) is 49.4 Å². The van der Waals surface area contributed by atoms with Crippen LogP contribution in [0.4, 0.5) is 0 Å². The summed E-state index contributed by atoms with van der Waals surface area (Å²) in [6.45, 7) is 19.0. The summed E-state index contributed by atoms with van der Waals surface area (Å²) in [4.78, 5) is 18.6. The Labute approximate surface area is 238 Å². The van der Waals surface area contributed by atoms with E-state index in [0.717, 1.165) is 51.0 Å². The predicted octanol–water partition coefficient (Wildman–Crippen LogP) is 8.35. The summed E-state index contributed by atoms with van der Waals surface area (Å²) >= 11 is 1.79. The van der Waals surface area contributed by atoms with Crippen LogP contribution in [0, 0.1) is 0 Å². The van der Waals surface area contributed by atoms with Crippen molar-refractivity contribution >= 4 is 17.1 Å². The summed E-state index contributed by atoms with van der Waals surface area (Å²) in [5.41, 5.74) is 5.82. The minimum atomic E-state index is 0.219. The van der Waals surface area contributed by atoms with E-state index < -0.39 is 0 Å². The number of carbonyl (C=O) groups excluding carboxylic acids is 1. The fraction of sp³-hybridized carbons (Fsp3) is 0.697. The fourth-order valence-corrected chi connectivity index (χ4v) is 6.30. The number of Topliss-reactive ketones (excluding diaryl/α,β-unsaturated/α-hetero) is 1. The third-order valence-electron chi connectivity index (χ3n) is 7.90. The molecule has 3 rings (SSSR count). The maximum absolute atomic E-state index is 11.3. The van der Waals surface area contributed by atoms with E-state index in [9.17, 15) is 4.79 Å². The Balaban J connectivity index is 0.000000484. The second-order valence-corrected chi connectivity index (χ2v) is 13.6. The van der Waals surface area contributed by atoms with E-state index in [-0.39, 0.29) is 10.8 Å². The number of carbonyl (C=O) groups is 1. The number of ketones is 1. The zero-order chi connectivity index (χ0) is 28.3. The monoisotopic (exact) mass is 541 g/mol. The summed E-state index contributed by atoms with van der Waals surface area (Å²) in [6, 6.07) is 7.02. The van der Waals surface area contributed by atoms with Crippen molar-refractivity contribution in [3.63, 3.8) is 0 Å². The van der Waals surface area contributed by atoms with Gasteiger partial charge in [0.1, 0.15) is 5.78 Å². The molecular weight excluding hydrogens is 486 g/mol. The molecule has 0 spiro atoms. The van der Waals surface area contributed by atoms with Crippen LogP contribution in [-0.2, 0) is 15.6 Å². The van der Waals surface area contributed by atoms with Crippen LogP contribution < -0.4 is 5.32 Å². The van der Waals surface area contributed by atoms with Gasteiger partial charge in [-0.05, 0) is 94.1 Å². The highest BCUT2D eigenvalue weighted by Gasteiger charge is 2.37. The van der Waals surface area contributed by atoms with Gasteiger partial charge in [-0.15, -0.1) is 11.3 Å². The number of nitrogens with zero attached hydrogens (tertiary/aromatic N) is 2. The molecule has 1 N–H and O–H groups in total. The van der Waals surface area contributed by atoms with E-state index in [1.807, 2.05) is 0 Å². The van der Waals surface area contributed by atoms with Gasteiger partial charge in [-0.3, -0.25) is 0 Å². The van der Waals surface area contributed by atoms with Gasteiger partial charge >= 0.3 is 0 Å². The third kappa shape index (κ3) is 9.88. The largest absolute Gasteiger partial charge is 0.315 e. The Bertz CT molecular complexity index is 992. The number of benzene rings is 1. The number of aromatic nitrogens is 1. The van der Waals surface area contributed by atoms with Gasteiger partial charge in [-0.25, -0.2) is 4.98 Å². The molecule has 1 aliphatic carbocycles. The van der Waals surface area contributed by atoms with E-state index in [0.29, 0.717) is 18.1 Å². The van der Waals surface area contributed by atoms with Crippen molar-refractivity contribution in [3.05, 3.63) is 39.7 Å². The van der Waals surface area contributed by atoms with Gasteiger partial charge < -0.3 is 15.0 Å². The second kappa shape index (κ2) is 15.3. The summed E-state index contributed by atoms with van der Waals surface area (Å²) in [6.07, 6.45) is 8.72. The molecule has 1 aromatic heterocycles. The Morgan fingerprint density at radius 3 is 2.32 bits per heavy atom. The molecular formula is C33H55N3OS. The molecule has 1 aromatic carbocycles. The molecule has 0 aliphatic heterocycles. The number of rotatable bonds is 13. The lowest BCUT2D eigenvalue weighted by Gasteiger charge is -2.42. The number of hydrogen-bond donors (Lipinski definition) is 1. The molecule has 1 atom stereocenters. The molecule has 0 fully saturated rings. The lowest BCUT2D eigenvalue weighted by atomic mass is 9.63. The zero-order valence-electron chi connectivity index (χ0n) is 25.9. The van der Waals surface area contributed by atoms with Crippen molar-refractivity contribution in [1.29, 1.82) is 0 Å². The van der Waals surface area contributed by atoms with Crippen molar-refractivity contribution in [2.45, 2.75) is 117 Å². The highest BCUT2D eigenvalue weighted by Crippen LogP contribution is 2.47. The van der Waals surface area contributed by atoms with Gasteiger partial charge in [-0.2, -0.15) is 0 Å². The van der Waals surface area contributed by atoms with Crippen LogP contribution in [0.25, 0.3) is 11.3 Å². The average Bonchev–Trinajstić information content (AvgIpc) is 3.34. The van der Waals surface area contributed by atoms with Crippen LogP contribution in [0.15, 0.2) is 23.6 Å². The molecule has 1 aliphatic rings. The van der Waals surface area contributed by atoms with E-state index in [2.05, 4.69) is 89.4 Å². The number of thiazole rings is 1. The van der Waals surface area contributed by atoms with Gasteiger partial charge in [0.15, 0.2) is 0 Å². The van der Waals surface area contributed by atoms with Gasteiger partial charge in [0.2, 0.25) is 0 Å². The molecule has 0 saturated heterocycles. The smallest absolute Gasteiger partial charge is 0.129 e. The van der Waals surface area contributed by atoms with Crippen LogP contribution in [0.3, 0.4) is 0 Å². The lowest BCUT2D eigenvalue weighted by molar-refractivity contribution is -0.117. The number of likely N-dealkylation sites (N-methyl/N-ethyl adjacent to an activating group) is 1. The molecule has 1 unspecified atom stereocenters. The molecule has 214 valence electrons. The minimum absolute atomic E-state index is 0.219. The second-order valence-electron chi connectivity index (χ2n) is 12.7. The standard InChI is InChI=1S/C26H37NOS.C7H18N2/c1-7-9-19(11-8-10-18(2)28)24-27-23(17-29-24)20-12-13-21-22(16-20)26(5,6)15-14-25(21,3)4;1-4-5-8-6-7-9(2)3/h12-13,16-17,19H,7-11,14-15H2,1-6H3;8H,4-7H2,1-3H3. The Morgan fingerprint density at radius 2 is 1.71 bits per heavy atom. The first-order chi connectivity index (χ1) is 17.9. The molecule has 4 nitrogen and oxygen atoms in total. The van der Waals surface area contributed by atoms with Gasteiger partial charge in [0.25, 0.3) is 0 Å². The lowest BCUT2D eigenvalue weighted by Crippen LogP contribution is -2.33. The van der Waals surface area contributed by atoms with Crippen LogP contribution in [0.1, 0.15) is 122 Å². The minimum Gasteiger partial charge on any atom is -0.315 e. The fourth-order valence-electron chi connectivity index (χ4n) is 5.30. The topological polar surface area (TPSA) is 45.2 Å². The Morgan fingerprint density at radius 1 is 1.03 bits per heavy atom. The molecule has 0 radical (unpaired) electrons. The summed E-state index contributed by atoms with van der Waals surface area (Å²) in [5, 5.41) is 6.79. The molecule has 2 aromatic rings. The molecule has 38 heavy (non-hydrogen) atoms. The maximum Gasteiger partial charge on any atom is 0.129 e. The van der Waals surface area contributed by atoms with Crippen LogP contribution in [0.2, 0.25) is 0 Å². The van der Waals surface area contributed by atoms with E-state index >= 15 is 0 Å². The van der Waals surface area contributed by atoms with E-state index in [1.54, 1.807) is 18.3 Å². The van der Waals surface area contributed by atoms with Gasteiger partial charge in [0.05, 0.1) is 10.7 Å². The van der Waals surface area contributed by atoms with Crippen molar-refractivity contribution < 1.29 is 4.79 Å². The normalized spacial score (nSPS) is 16.5. The van der Waals surface area contributed by atoms with Crippen LogP contribution >= 0.6 is 11.3 Å². The first kappa shape index (κ1) is 32.7. The van der Waals surface area contributed by atoms with Crippen molar-refractivity contribution in [3.8, 4) is 11.3 Å². The molecule has 1 heterocycles. The molecule has 5 heteroatoms. The average molecular weight is 542 g/mol.